The number of likely N-dealkylation sites (tertiary alicyclic amines) is 1. The van der Waals surface area contributed by atoms with Gasteiger partial charge in [0.25, 0.3) is 0 Å². The number of aliphatic imine (C=N–C) groups is 1. The molecule has 2 rings (SSSR count). The van der Waals surface area contributed by atoms with Crippen LogP contribution in [0.4, 0.5) is 0 Å². The molecular formula is C16H29N3O2S. The highest BCUT2D eigenvalue weighted by molar-refractivity contribution is 7.91. The number of hydrogen-bond donors (Lipinski definition) is 1. The first-order chi connectivity index (χ1) is 10.4. The number of nitrogens with one attached hydrogen (secondary N) is 1. The van der Waals surface area contributed by atoms with Crippen LogP contribution in [0.1, 0.15) is 26.7 Å². The van der Waals surface area contributed by atoms with E-state index in [9.17, 15) is 8.42 Å². The molecule has 2 aliphatic rings. The number of guanidine groups is 1. The molecule has 3 atom stereocenters. The molecule has 0 radical (unpaired) electrons. The molecule has 3 unspecified atom stereocenters. The summed E-state index contributed by atoms with van der Waals surface area (Å²) in [6.07, 6.45) is 3.83. The van der Waals surface area contributed by atoms with E-state index in [2.05, 4.69) is 30.6 Å². The topological polar surface area (TPSA) is 61.8 Å². The third-order valence-corrected chi connectivity index (χ3v) is 6.24. The normalized spacial score (nSPS) is 32.0. The van der Waals surface area contributed by atoms with Crippen LogP contribution in [0.3, 0.4) is 0 Å². The lowest BCUT2D eigenvalue weighted by Gasteiger charge is -2.37. The maximum Gasteiger partial charge on any atom is 0.194 e. The maximum atomic E-state index is 11.6. The summed E-state index contributed by atoms with van der Waals surface area (Å²) < 4.78 is 23.1. The zero-order valence-corrected chi connectivity index (χ0v) is 14.6. The Kier molecular flexibility index (Phi) is 5.89. The van der Waals surface area contributed by atoms with E-state index in [-0.39, 0.29) is 11.7 Å². The predicted octanol–water partition coefficient (Wildman–Crippen LogP) is 1.53. The van der Waals surface area contributed by atoms with E-state index in [4.69, 9.17) is 4.99 Å². The van der Waals surface area contributed by atoms with Gasteiger partial charge in [-0.3, -0.25) is 4.99 Å². The molecule has 6 heteroatoms. The van der Waals surface area contributed by atoms with E-state index in [1.54, 1.807) is 0 Å². The second-order valence-corrected chi connectivity index (χ2v) is 9.18. The van der Waals surface area contributed by atoms with Gasteiger partial charge in [0.05, 0.1) is 11.5 Å². The van der Waals surface area contributed by atoms with Gasteiger partial charge in [-0.05, 0) is 30.6 Å². The van der Waals surface area contributed by atoms with Crippen LogP contribution in [0, 0.1) is 17.8 Å². The quantitative estimate of drug-likeness (QED) is 0.483. The molecule has 22 heavy (non-hydrogen) atoms. The zero-order chi connectivity index (χ0) is 16.2. The molecule has 126 valence electrons. The minimum atomic E-state index is -2.82. The number of hydrogen-bond acceptors (Lipinski definition) is 3. The minimum Gasteiger partial charge on any atom is -0.353 e. The molecule has 2 fully saturated rings. The van der Waals surface area contributed by atoms with Crippen LogP contribution in [0.2, 0.25) is 0 Å². The van der Waals surface area contributed by atoms with E-state index in [0.717, 1.165) is 25.5 Å². The van der Waals surface area contributed by atoms with Crippen LogP contribution in [-0.4, -0.2) is 57.0 Å². The lowest BCUT2D eigenvalue weighted by molar-refractivity contribution is 0.208. The average Bonchev–Trinajstić information content (AvgIpc) is 2.77. The molecule has 0 aromatic carbocycles. The third-order valence-electron chi connectivity index (χ3n) is 4.40. The van der Waals surface area contributed by atoms with Gasteiger partial charge < -0.3 is 10.2 Å². The standard InChI is InChI=1S/C16H29N3O2S/c1-4-6-17-16(19-10-13(2)8-14(3)11-19)18-9-15-5-7-22(20,21)12-15/h4,13-15H,1,5-12H2,2-3H3,(H,17,18). The molecule has 0 spiro atoms. The Morgan fingerprint density at radius 1 is 1.36 bits per heavy atom. The molecule has 0 aromatic heterocycles. The van der Waals surface area contributed by atoms with Crippen LogP contribution >= 0.6 is 0 Å². The molecule has 5 nitrogen and oxygen atoms in total. The second-order valence-electron chi connectivity index (χ2n) is 6.95. The predicted molar refractivity (Wildman–Crippen MR) is 91.8 cm³/mol. The van der Waals surface area contributed by atoms with Gasteiger partial charge in [0, 0.05) is 26.2 Å². The summed E-state index contributed by atoms with van der Waals surface area (Å²) >= 11 is 0. The van der Waals surface area contributed by atoms with Gasteiger partial charge in [-0.1, -0.05) is 19.9 Å². The minimum absolute atomic E-state index is 0.171. The highest BCUT2D eigenvalue weighted by Gasteiger charge is 2.28. The smallest absolute Gasteiger partial charge is 0.194 e. The first-order valence-corrected chi connectivity index (χ1v) is 10.1. The molecular weight excluding hydrogens is 298 g/mol. The van der Waals surface area contributed by atoms with Crippen molar-refractivity contribution in [3.05, 3.63) is 12.7 Å². The van der Waals surface area contributed by atoms with Gasteiger partial charge in [0.1, 0.15) is 0 Å². The Morgan fingerprint density at radius 3 is 2.59 bits per heavy atom. The SMILES string of the molecule is C=CCNC(=NCC1CCS(=O)(=O)C1)N1CC(C)CC(C)C1. The van der Waals surface area contributed by atoms with Crippen molar-refractivity contribution in [2.75, 3.05) is 37.7 Å². The number of nitrogens with zero attached hydrogens (tertiary/aromatic N) is 2. The Balaban J connectivity index is 2.01. The Morgan fingerprint density at radius 2 is 2.05 bits per heavy atom. The van der Waals surface area contributed by atoms with Crippen LogP contribution in [-0.2, 0) is 9.84 Å². The van der Waals surface area contributed by atoms with Crippen molar-refractivity contribution in [2.24, 2.45) is 22.7 Å². The summed E-state index contributed by atoms with van der Waals surface area (Å²) in [4.78, 5) is 7.03. The van der Waals surface area contributed by atoms with Crippen molar-refractivity contribution in [1.29, 1.82) is 0 Å². The Hall–Kier alpha value is -1.04. The van der Waals surface area contributed by atoms with Crippen molar-refractivity contribution in [3.63, 3.8) is 0 Å². The molecule has 0 saturated carbocycles. The fourth-order valence-corrected chi connectivity index (χ4v) is 5.35. The summed E-state index contributed by atoms with van der Waals surface area (Å²) in [5, 5.41) is 3.33. The van der Waals surface area contributed by atoms with E-state index in [0.29, 0.717) is 30.7 Å². The molecule has 2 aliphatic heterocycles. The highest BCUT2D eigenvalue weighted by Crippen LogP contribution is 2.22. The molecule has 0 amide bonds. The monoisotopic (exact) mass is 327 g/mol. The van der Waals surface area contributed by atoms with Gasteiger partial charge in [0.15, 0.2) is 15.8 Å². The molecule has 0 aliphatic carbocycles. The third kappa shape index (κ3) is 5.00. The number of rotatable bonds is 4. The maximum absolute atomic E-state index is 11.6. The largest absolute Gasteiger partial charge is 0.353 e. The molecule has 2 heterocycles. The summed E-state index contributed by atoms with van der Waals surface area (Å²) in [5.41, 5.74) is 0. The van der Waals surface area contributed by atoms with E-state index >= 15 is 0 Å². The van der Waals surface area contributed by atoms with Crippen molar-refractivity contribution in [2.45, 2.75) is 26.7 Å². The molecule has 0 bridgehead atoms. The molecule has 2 saturated heterocycles. The van der Waals surface area contributed by atoms with Crippen LogP contribution in [0.5, 0.6) is 0 Å². The van der Waals surface area contributed by atoms with Gasteiger partial charge >= 0.3 is 0 Å². The second kappa shape index (κ2) is 7.49. The lowest BCUT2D eigenvalue weighted by atomic mass is 9.92. The van der Waals surface area contributed by atoms with Gasteiger partial charge in [-0.25, -0.2) is 8.42 Å². The van der Waals surface area contributed by atoms with Crippen LogP contribution < -0.4 is 5.32 Å². The van der Waals surface area contributed by atoms with E-state index in [1.807, 2.05) is 6.08 Å². The van der Waals surface area contributed by atoms with Crippen molar-refractivity contribution >= 4 is 15.8 Å². The van der Waals surface area contributed by atoms with Gasteiger partial charge in [0.2, 0.25) is 0 Å². The highest BCUT2D eigenvalue weighted by atomic mass is 32.2. The number of sulfone groups is 1. The fraction of sp³-hybridized carbons (Fsp3) is 0.812. The summed E-state index contributed by atoms with van der Waals surface area (Å²) in [6, 6.07) is 0. The summed E-state index contributed by atoms with van der Waals surface area (Å²) in [7, 11) is -2.82. The van der Waals surface area contributed by atoms with Crippen molar-refractivity contribution in [3.8, 4) is 0 Å². The first kappa shape index (κ1) is 17.3. The van der Waals surface area contributed by atoms with E-state index in [1.165, 1.54) is 6.42 Å². The van der Waals surface area contributed by atoms with Crippen LogP contribution in [0.15, 0.2) is 17.6 Å². The molecule has 1 N–H and O–H groups in total. The van der Waals surface area contributed by atoms with Crippen molar-refractivity contribution in [1.82, 2.24) is 10.2 Å². The van der Waals surface area contributed by atoms with Crippen molar-refractivity contribution < 1.29 is 8.42 Å². The van der Waals surface area contributed by atoms with E-state index < -0.39 is 9.84 Å². The molecule has 0 aromatic rings. The Bertz CT molecular complexity index is 505. The number of piperidine rings is 1. The first-order valence-electron chi connectivity index (χ1n) is 8.24. The Labute approximate surface area is 134 Å². The summed E-state index contributed by atoms with van der Waals surface area (Å²) in [5.74, 6) is 3.00. The average molecular weight is 327 g/mol. The van der Waals surface area contributed by atoms with Crippen LogP contribution in [0.25, 0.3) is 0 Å². The fourth-order valence-electron chi connectivity index (χ4n) is 3.50. The van der Waals surface area contributed by atoms with Gasteiger partial charge in [-0.15, -0.1) is 6.58 Å². The summed E-state index contributed by atoms with van der Waals surface area (Å²) in [6.45, 7) is 11.6. The zero-order valence-electron chi connectivity index (χ0n) is 13.8. The van der Waals surface area contributed by atoms with Gasteiger partial charge in [-0.2, -0.15) is 0 Å². The lowest BCUT2D eigenvalue weighted by Crippen LogP contribution is -2.48.